The lowest BCUT2D eigenvalue weighted by Gasteiger charge is -2.04. The van der Waals surface area contributed by atoms with Gasteiger partial charge in [0.05, 0.1) is 5.52 Å². The van der Waals surface area contributed by atoms with Crippen LogP contribution in [0.1, 0.15) is 13.3 Å². The molecule has 2 unspecified atom stereocenters. The highest BCUT2D eigenvalue weighted by molar-refractivity contribution is 5.94. The van der Waals surface area contributed by atoms with Gasteiger partial charge in [0, 0.05) is 23.7 Å². The average Bonchev–Trinajstić information content (AvgIpc) is 3.06. The summed E-state index contributed by atoms with van der Waals surface area (Å²) >= 11 is 0. The molecule has 1 N–H and O–H groups in total. The Morgan fingerprint density at radius 1 is 1.41 bits per heavy atom. The van der Waals surface area contributed by atoms with Crippen molar-refractivity contribution in [3.63, 3.8) is 0 Å². The molecule has 4 heteroatoms. The van der Waals surface area contributed by atoms with Crippen molar-refractivity contribution in [2.75, 3.05) is 5.32 Å². The van der Waals surface area contributed by atoms with Crippen molar-refractivity contribution in [3.05, 3.63) is 30.6 Å². The van der Waals surface area contributed by atoms with E-state index in [4.69, 9.17) is 0 Å². The number of amides is 1. The molecule has 17 heavy (non-hydrogen) atoms. The molecule has 0 aromatic carbocycles. The van der Waals surface area contributed by atoms with Gasteiger partial charge in [-0.25, -0.2) is 4.98 Å². The van der Waals surface area contributed by atoms with Gasteiger partial charge < -0.3 is 5.32 Å². The van der Waals surface area contributed by atoms with Crippen LogP contribution in [0.3, 0.4) is 0 Å². The van der Waals surface area contributed by atoms with E-state index in [1.807, 2.05) is 18.2 Å². The predicted octanol–water partition coefficient (Wildman–Crippen LogP) is 2.22. The number of fused-ring (bicyclic) bond motifs is 1. The second-order valence-corrected chi connectivity index (χ2v) is 4.57. The number of carbonyl (C=O) groups is 1. The molecule has 1 fully saturated rings. The van der Waals surface area contributed by atoms with Crippen LogP contribution in [-0.4, -0.2) is 15.9 Å². The van der Waals surface area contributed by atoms with Crippen LogP contribution >= 0.6 is 0 Å². The summed E-state index contributed by atoms with van der Waals surface area (Å²) < 4.78 is 0. The average molecular weight is 227 g/mol. The van der Waals surface area contributed by atoms with Crippen LogP contribution in [0.5, 0.6) is 0 Å². The van der Waals surface area contributed by atoms with Gasteiger partial charge >= 0.3 is 0 Å². The summed E-state index contributed by atoms with van der Waals surface area (Å²) in [6.07, 6.45) is 4.45. The second-order valence-electron chi connectivity index (χ2n) is 4.57. The third-order valence-electron chi connectivity index (χ3n) is 3.19. The molecule has 1 amide bonds. The Balaban J connectivity index is 1.83. The minimum atomic E-state index is 0.0819. The molecule has 0 aliphatic heterocycles. The Morgan fingerprint density at radius 2 is 2.24 bits per heavy atom. The third-order valence-corrected chi connectivity index (χ3v) is 3.19. The summed E-state index contributed by atoms with van der Waals surface area (Å²) in [5.74, 6) is 1.38. The normalized spacial score (nSPS) is 22.4. The van der Waals surface area contributed by atoms with Crippen molar-refractivity contribution in [1.29, 1.82) is 0 Å². The van der Waals surface area contributed by atoms with Gasteiger partial charge in [0.1, 0.15) is 5.82 Å². The highest BCUT2D eigenvalue weighted by Gasteiger charge is 2.39. The van der Waals surface area contributed by atoms with Gasteiger partial charge in [0.2, 0.25) is 5.91 Å². The number of nitrogens with one attached hydrogen (secondary N) is 1. The van der Waals surface area contributed by atoms with Crippen LogP contribution in [0.25, 0.3) is 10.9 Å². The summed E-state index contributed by atoms with van der Waals surface area (Å²) in [6, 6.07) is 5.57. The Morgan fingerprint density at radius 3 is 3.00 bits per heavy atom. The fourth-order valence-electron chi connectivity index (χ4n) is 1.94. The Hall–Kier alpha value is -1.97. The number of rotatable bonds is 2. The molecule has 1 aliphatic carbocycles. The summed E-state index contributed by atoms with van der Waals surface area (Å²) in [4.78, 5) is 20.2. The largest absolute Gasteiger partial charge is 0.310 e. The monoisotopic (exact) mass is 227 g/mol. The molecular weight excluding hydrogens is 214 g/mol. The number of hydrogen-bond acceptors (Lipinski definition) is 3. The van der Waals surface area contributed by atoms with E-state index in [9.17, 15) is 4.79 Å². The Labute approximate surface area is 99.1 Å². The molecule has 86 valence electrons. The van der Waals surface area contributed by atoms with Crippen molar-refractivity contribution in [3.8, 4) is 0 Å². The van der Waals surface area contributed by atoms with Gasteiger partial charge in [-0.1, -0.05) is 6.92 Å². The first-order valence-corrected chi connectivity index (χ1v) is 5.75. The van der Waals surface area contributed by atoms with E-state index in [0.717, 1.165) is 17.3 Å². The number of hydrogen-bond donors (Lipinski definition) is 1. The maximum Gasteiger partial charge on any atom is 0.228 e. The lowest BCUT2D eigenvalue weighted by Crippen LogP contribution is -2.15. The number of aromatic nitrogens is 2. The molecule has 2 heterocycles. The van der Waals surface area contributed by atoms with E-state index in [1.54, 1.807) is 12.4 Å². The first-order chi connectivity index (χ1) is 8.24. The summed E-state index contributed by atoms with van der Waals surface area (Å²) in [5, 5.41) is 3.83. The van der Waals surface area contributed by atoms with Gasteiger partial charge in [-0.2, -0.15) is 0 Å². The highest BCUT2D eigenvalue weighted by Crippen LogP contribution is 2.38. The lowest BCUT2D eigenvalue weighted by atomic mass is 10.2. The van der Waals surface area contributed by atoms with E-state index >= 15 is 0 Å². The maximum atomic E-state index is 11.8. The van der Waals surface area contributed by atoms with Gasteiger partial charge in [-0.3, -0.25) is 9.78 Å². The van der Waals surface area contributed by atoms with E-state index in [0.29, 0.717) is 11.7 Å². The minimum Gasteiger partial charge on any atom is -0.310 e. The van der Waals surface area contributed by atoms with Crippen molar-refractivity contribution in [2.45, 2.75) is 13.3 Å². The molecular formula is C13H13N3O. The van der Waals surface area contributed by atoms with Crippen LogP contribution < -0.4 is 5.32 Å². The molecule has 2 aromatic rings. The fraction of sp³-hybridized carbons (Fsp3) is 0.308. The first kappa shape index (κ1) is 10.2. The molecule has 0 bridgehead atoms. The standard InChI is InChI=1S/C13H13N3O/c1-8-6-10(8)13(17)16-12-3-2-9-7-14-5-4-11(9)15-12/h2-5,7-8,10H,6H2,1H3,(H,15,16,17). The highest BCUT2D eigenvalue weighted by atomic mass is 16.2. The molecule has 0 saturated heterocycles. The van der Waals surface area contributed by atoms with Crippen LogP contribution in [0.2, 0.25) is 0 Å². The van der Waals surface area contributed by atoms with E-state index in [2.05, 4.69) is 22.2 Å². The smallest absolute Gasteiger partial charge is 0.228 e. The second kappa shape index (κ2) is 3.80. The molecule has 2 aromatic heterocycles. The molecule has 3 rings (SSSR count). The van der Waals surface area contributed by atoms with Crippen LogP contribution in [0.4, 0.5) is 5.82 Å². The van der Waals surface area contributed by atoms with Crippen molar-refractivity contribution >= 4 is 22.6 Å². The molecule has 1 aliphatic rings. The zero-order valence-electron chi connectivity index (χ0n) is 9.55. The van der Waals surface area contributed by atoms with Crippen molar-refractivity contribution < 1.29 is 4.79 Å². The molecule has 0 radical (unpaired) electrons. The first-order valence-electron chi connectivity index (χ1n) is 5.75. The minimum absolute atomic E-state index is 0.0819. The summed E-state index contributed by atoms with van der Waals surface area (Å²) in [6.45, 7) is 2.09. The van der Waals surface area contributed by atoms with Crippen molar-refractivity contribution in [1.82, 2.24) is 9.97 Å². The van der Waals surface area contributed by atoms with Gasteiger partial charge in [-0.15, -0.1) is 0 Å². The Kier molecular flexibility index (Phi) is 2.28. The molecule has 4 nitrogen and oxygen atoms in total. The van der Waals surface area contributed by atoms with Crippen LogP contribution in [0, 0.1) is 11.8 Å². The SMILES string of the molecule is CC1CC1C(=O)Nc1ccc2cnccc2n1. The van der Waals surface area contributed by atoms with Crippen molar-refractivity contribution in [2.24, 2.45) is 11.8 Å². The Bertz CT molecular complexity index is 582. The number of carbonyl (C=O) groups excluding carboxylic acids is 1. The van der Waals surface area contributed by atoms with Crippen LogP contribution in [-0.2, 0) is 4.79 Å². The molecule has 2 atom stereocenters. The van der Waals surface area contributed by atoms with E-state index in [1.165, 1.54) is 0 Å². The van der Waals surface area contributed by atoms with E-state index < -0.39 is 0 Å². The molecule has 0 spiro atoms. The number of anilines is 1. The topological polar surface area (TPSA) is 54.9 Å². The zero-order valence-corrected chi connectivity index (χ0v) is 9.55. The number of pyridine rings is 2. The summed E-state index contributed by atoms with van der Waals surface area (Å²) in [5.41, 5.74) is 0.849. The van der Waals surface area contributed by atoms with E-state index in [-0.39, 0.29) is 11.8 Å². The number of nitrogens with zero attached hydrogens (tertiary/aromatic N) is 2. The third kappa shape index (κ3) is 1.98. The van der Waals surface area contributed by atoms with Gasteiger partial charge in [0.25, 0.3) is 0 Å². The maximum absolute atomic E-state index is 11.8. The zero-order chi connectivity index (χ0) is 11.8. The lowest BCUT2D eigenvalue weighted by molar-refractivity contribution is -0.117. The quantitative estimate of drug-likeness (QED) is 0.855. The van der Waals surface area contributed by atoms with Crippen LogP contribution in [0.15, 0.2) is 30.6 Å². The molecule has 1 saturated carbocycles. The van der Waals surface area contributed by atoms with Gasteiger partial charge in [-0.05, 0) is 30.5 Å². The predicted molar refractivity (Wildman–Crippen MR) is 65.4 cm³/mol. The van der Waals surface area contributed by atoms with Gasteiger partial charge in [0.15, 0.2) is 0 Å². The summed E-state index contributed by atoms with van der Waals surface area (Å²) in [7, 11) is 0. The fourth-order valence-corrected chi connectivity index (χ4v) is 1.94.